The van der Waals surface area contributed by atoms with Crippen LogP contribution in [0.2, 0.25) is 0 Å². The maximum Gasteiger partial charge on any atom is 0.260 e. The van der Waals surface area contributed by atoms with Crippen molar-refractivity contribution in [3.05, 3.63) is 54.0 Å². The summed E-state index contributed by atoms with van der Waals surface area (Å²) in [6.45, 7) is 0. The first kappa shape index (κ1) is 11.7. The zero-order valence-electron chi connectivity index (χ0n) is 9.74. The lowest BCUT2D eigenvalue weighted by atomic mass is 10.2. The van der Waals surface area contributed by atoms with Gasteiger partial charge in [0.25, 0.3) is 5.91 Å². The molecule has 0 radical (unpaired) electrons. The fourth-order valence-corrected chi connectivity index (χ4v) is 1.44. The molecule has 88 valence electrons. The normalized spacial score (nSPS) is 9.56. The molecule has 2 heterocycles. The van der Waals surface area contributed by atoms with Gasteiger partial charge in [-0.1, -0.05) is 0 Å². The number of nitriles is 1. The van der Waals surface area contributed by atoms with Crippen LogP contribution in [0.1, 0.15) is 15.9 Å². The molecule has 0 fully saturated rings. The van der Waals surface area contributed by atoms with E-state index in [0.29, 0.717) is 16.9 Å². The standard InChI is InChI=1S/C13H10N4O/c1-17(12-5-4-10(7-14)8-16-12)13(18)11-3-2-6-15-9-11/h2-6,8-9H,1H3. The van der Waals surface area contributed by atoms with E-state index in [1.54, 1.807) is 37.5 Å². The molecule has 0 N–H and O–H groups in total. The van der Waals surface area contributed by atoms with Crippen LogP contribution in [-0.4, -0.2) is 22.9 Å². The van der Waals surface area contributed by atoms with E-state index in [4.69, 9.17) is 5.26 Å². The smallest absolute Gasteiger partial charge is 0.260 e. The molecular formula is C13H10N4O. The number of carbonyl (C=O) groups is 1. The third-order valence-electron chi connectivity index (χ3n) is 2.43. The number of aromatic nitrogens is 2. The van der Waals surface area contributed by atoms with Crippen LogP contribution < -0.4 is 4.90 Å². The second-order valence-electron chi connectivity index (χ2n) is 3.62. The lowest BCUT2D eigenvalue weighted by Crippen LogP contribution is -2.27. The molecule has 1 amide bonds. The van der Waals surface area contributed by atoms with Crippen molar-refractivity contribution in [2.24, 2.45) is 0 Å². The molecule has 0 unspecified atom stereocenters. The molecule has 2 rings (SSSR count). The van der Waals surface area contributed by atoms with E-state index >= 15 is 0 Å². The summed E-state index contributed by atoms with van der Waals surface area (Å²) in [5, 5.41) is 8.68. The summed E-state index contributed by atoms with van der Waals surface area (Å²) >= 11 is 0. The molecule has 5 heteroatoms. The first-order chi connectivity index (χ1) is 8.72. The predicted octanol–water partition coefficient (Wildman–Crippen LogP) is 1.62. The Morgan fingerprint density at radius 3 is 2.72 bits per heavy atom. The van der Waals surface area contributed by atoms with Crippen molar-refractivity contribution in [1.29, 1.82) is 5.26 Å². The van der Waals surface area contributed by atoms with Crippen LogP contribution in [0, 0.1) is 11.3 Å². The summed E-state index contributed by atoms with van der Waals surface area (Å²) in [5.41, 5.74) is 0.951. The SMILES string of the molecule is CN(C(=O)c1cccnc1)c1ccc(C#N)cn1. The van der Waals surface area contributed by atoms with Crippen LogP contribution in [-0.2, 0) is 0 Å². The summed E-state index contributed by atoms with van der Waals surface area (Å²) in [5.74, 6) is 0.295. The Balaban J connectivity index is 2.23. The van der Waals surface area contributed by atoms with Gasteiger partial charge in [-0.15, -0.1) is 0 Å². The molecule has 0 bridgehead atoms. The van der Waals surface area contributed by atoms with Gasteiger partial charge in [0.15, 0.2) is 0 Å². The highest BCUT2D eigenvalue weighted by molar-refractivity contribution is 6.04. The van der Waals surface area contributed by atoms with Crippen molar-refractivity contribution >= 4 is 11.7 Å². The molecule has 18 heavy (non-hydrogen) atoms. The first-order valence-corrected chi connectivity index (χ1v) is 5.26. The number of rotatable bonds is 2. The molecule has 0 aliphatic rings. The first-order valence-electron chi connectivity index (χ1n) is 5.26. The number of hydrogen-bond acceptors (Lipinski definition) is 4. The summed E-state index contributed by atoms with van der Waals surface area (Å²) in [6.07, 6.45) is 4.54. The van der Waals surface area contributed by atoms with Gasteiger partial charge in [-0.3, -0.25) is 14.7 Å². The topological polar surface area (TPSA) is 69.9 Å². The second kappa shape index (κ2) is 5.06. The van der Waals surface area contributed by atoms with Gasteiger partial charge in [0.05, 0.1) is 11.1 Å². The molecule has 5 nitrogen and oxygen atoms in total. The van der Waals surface area contributed by atoms with E-state index in [1.807, 2.05) is 6.07 Å². The second-order valence-corrected chi connectivity index (χ2v) is 3.62. The largest absolute Gasteiger partial charge is 0.296 e. The van der Waals surface area contributed by atoms with Crippen LogP contribution >= 0.6 is 0 Å². The summed E-state index contributed by atoms with van der Waals surface area (Å²) in [6, 6.07) is 8.62. The van der Waals surface area contributed by atoms with Gasteiger partial charge in [0, 0.05) is 25.6 Å². The molecule has 2 aromatic rings. The number of anilines is 1. The van der Waals surface area contributed by atoms with Gasteiger partial charge in [-0.25, -0.2) is 4.98 Å². The van der Waals surface area contributed by atoms with Crippen LogP contribution in [0.3, 0.4) is 0 Å². The molecule has 0 spiro atoms. The minimum Gasteiger partial charge on any atom is -0.296 e. The number of nitrogens with zero attached hydrogens (tertiary/aromatic N) is 4. The Morgan fingerprint density at radius 2 is 2.17 bits per heavy atom. The Bertz CT molecular complexity index is 587. The average molecular weight is 238 g/mol. The Morgan fingerprint density at radius 1 is 1.33 bits per heavy atom. The van der Waals surface area contributed by atoms with Gasteiger partial charge in [-0.2, -0.15) is 5.26 Å². The number of pyridine rings is 2. The van der Waals surface area contributed by atoms with E-state index < -0.39 is 0 Å². The average Bonchev–Trinajstić information content (AvgIpc) is 2.47. The molecule has 2 aromatic heterocycles. The maximum absolute atomic E-state index is 12.1. The maximum atomic E-state index is 12.1. The minimum absolute atomic E-state index is 0.194. The van der Waals surface area contributed by atoms with Crippen LogP contribution in [0.5, 0.6) is 0 Å². The van der Waals surface area contributed by atoms with E-state index in [0.717, 1.165) is 0 Å². The molecule has 0 saturated carbocycles. The minimum atomic E-state index is -0.194. The predicted molar refractivity (Wildman–Crippen MR) is 65.9 cm³/mol. The highest BCUT2D eigenvalue weighted by Gasteiger charge is 2.14. The van der Waals surface area contributed by atoms with Gasteiger partial charge in [-0.05, 0) is 24.3 Å². The number of hydrogen-bond donors (Lipinski definition) is 0. The quantitative estimate of drug-likeness (QED) is 0.797. The third-order valence-corrected chi connectivity index (χ3v) is 2.43. The van der Waals surface area contributed by atoms with Gasteiger partial charge >= 0.3 is 0 Å². The van der Waals surface area contributed by atoms with Gasteiger partial charge < -0.3 is 0 Å². The van der Waals surface area contributed by atoms with E-state index in [9.17, 15) is 4.79 Å². The van der Waals surface area contributed by atoms with Crippen molar-refractivity contribution in [2.45, 2.75) is 0 Å². The van der Waals surface area contributed by atoms with Crippen molar-refractivity contribution in [3.63, 3.8) is 0 Å². The van der Waals surface area contributed by atoms with Crippen LogP contribution in [0.15, 0.2) is 42.9 Å². The van der Waals surface area contributed by atoms with E-state index in [-0.39, 0.29) is 5.91 Å². The fourth-order valence-electron chi connectivity index (χ4n) is 1.44. The van der Waals surface area contributed by atoms with Gasteiger partial charge in [0.2, 0.25) is 0 Å². The van der Waals surface area contributed by atoms with E-state index in [2.05, 4.69) is 9.97 Å². The molecule has 0 aliphatic carbocycles. The van der Waals surface area contributed by atoms with Crippen molar-refractivity contribution in [1.82, 2.24) is 9.97 Å². The van der Waals surface area contributed by atoms with E-state index in [1.165, 1.54) is 17.3 Å². The lowest BCUT2D eigenvalue weighted by molar-refractivity contribution is 0.0992. The van der Waals surface area contributed by atoms with Gasteiger partial charge in [0.1, 0.15) is 11.9 Å². The third kappa shape index (κ3) is 2.33. The van der Waals surface area contributed by atoms with Crippen molar-refractivity contribution in [2.75, 3.05) is 11.9 Å². The van der Waals surface area contributed by atoms with Crippen molar-refractivity contribution in [3.8, 4) is 6.07 Å². The van der Waals surface area contributed by atoms with Crippen molar-refractivity contribution < 1.29 is 4.79 Å². The lowest BCUT2D eigenvalue weighted by Gasteiger charge is -2.15. The zero-order chi connectivity index (χ0) is 13.0. The highest BCUT2D eigenvalue weighted by atomic mass is 16.2. The fraction of sp³-hybridized carbons (Fsp3) is 0.0769. The summed E-state index contributed by atoms with van der Waals surface area (Å²) < 4.78 is 0. The van der Waals surface area contributed by atoms with Crippen LogP contribution in [0.25, 0.3) is 0 Å². The molecule has 0 saturated heterocycles. The molecular weight excluding hydrogens is 228 g/mol. The Labute approximate surface area is 104 Å². The molecule has 0 aromatic carbocycles. The Kier molecular flexibility index (Phi) is 3.30. The number of carbonyl (C=O) groups excluding carboxylic acids is 1. The summed E-state index contributed by atoms with van der Waals surface area (Å²) in [4.78, 5) is 21.5. The monoisotopic (exact) mass is 238 g/mol. The molecule has 0 atom stereocenters. The van der Waals surface area contributed by atoms with Crippen LogP contribution in [0.4, 0.5) is 5.82 Å². The summed E-state index contributed by atoms with van der Waals surface area (Å²) in [7, 11) is 1.63. The number of amides is 1. The zero-order valence-corrected chi connectivity index (χ0v) is 9.74. The highest BCUT2D eigenvalue weighted by Crippen LogP contribution is 2.12. The molecule has 0 aliphatic heterocycles. The Hall–Kier alpha value is -2.74.